The van der Waals surface area contributed by atoms with Crippen molar-refractivity contribution in [1.82, 2.24) is 0 Å². The molecule has 1 N–H and O–H groups in total. The molecule has 1 aromatic rings. The van der Waals surface area contributed by atoms with E-state index in [1.54, 1.807) is 19.1 Å². The Morgan fingerprint density at radius 1 is 1.53 bits per heavy atom. The first kappa shape index (κ1) is 11.5. The molecule has 0 saturated carbocycles. The van der Waals surface area contributed by atoms with E-state index in [4.69, 9.17) is 0 Å². The van der Waals surface area contributed by atoms with Crippen LogP contribution in [0.25, 0.3) is 0 Å². The molecule has 1 aliphatic heterocycles. The molecular formula is C11H12N2O4. The van der Waals surface area contributed by atoms with Crippen LogP contribution in [-0.4, -0.2) is 28.6 Å². The molecule has 1 fully saturated rings. The summed E-state index contributed by atoms with van der Waals surface area (Å²) in [5.41, 5.74) is 0.688. The molecule has 17 heavy (non-hydrogen) atoms. The summed E-state index contributed by atoms with van der Waals surface area (Å²) in [6.07, 6.45) is -0.729. The Balaban J connectivity index is 2.49. The first-order chi connectivity index (χ1) is 8.00. The van der Waals surface area contributed by atoms with E-state index in [0.717, 1.165) is 0 Å². The van der Waals surface area contributed by atoms with E-state index < -0.39 is 11.0 Å². The smallest absolute Gasteiger partial charge is 0.295 e. The molecule has 1 atom stereocenters. The predicted octanol–water partition coefficient (Wildman–Crippen LogP) is 1.00. The monoisotopic (exact) mass is 236 g/mol. The fourth-order valence-corrected chi connectivity index (χ4v) is 2.02. The SMILES string of the molecule is Cc1cccc(N2CC(O)CC2=O)c1[N+](=O)[O-]. The number of anilines is 1. The van der Waals surface area contributed by atoms with Gasteiger partial charge in [0.1, 0.15) is 5.69 Å². The van der Waals surface area contributed by atoms with Gasteiger partial charge in [0.2, 0.25) is 5.91 Å². The normalized spacial score (nSPS) is 19.8. The molecular weight excluding hydrogens is 224 g/mol. The summed E-state index contributed by atoms with van der Waals surface area (Å²) in [5.74, 6) is -0.286. The molecule has 0 aliphatic carbocycles. The number of aliphatic hydroxyl groups excluding tert-OH is 1. The molecule has 6 heteroatoms. The number of amides is 1. The van der Waals surface area contributed by atoms with Crippen LogP contribution in [0.2, 0.25) is 0 Å². The van der Waals surface area contributed by atoms with Crippen molar-refractivity contribution in [2.24, 2.45) is 0 Å². The predicted molar refractivity (Wildman–Crippen MR) is 60.8 cm³/mol. The fraction of sp³-hybridized carbons (Fsp3) is 0.364. The topological polar surface area (TPSA) is 83.7 Å². The van der Waals surface area contributed by atoms with Crippen molar-refractivity contribution in [1.29, 1.82) is 0 Å². The summed E-state index contributed by atoms with van der Waals surface area (Å²) in [7, 11) is 0. The standard InChI is InChI=1S/C11H12N2O4/c1-7-3-2-4-9(11(7)13(16)17)12-6-8(14)5-10(12)15/h2-4,8,14H,5-6H2,1H3. The van der Waals surface area contributed by atoms with E-state index in [9.17, 15) is 20.0 Å². The number of para-hydroxylation sites is 1. The van der Waals surface area contributed by atoms with Gasteiger partial charge in [0.25, 0.3) is 5.69 Å². The van der Waals surface area contributed by atoms with Crippen LogP contribution in [0.1, 0.15) is 12.0 Å². The third kappa shape index (κ3) is 1.99. The number of nitrogens with zero attached hydrogens (tertiary/aromatic N) is 2. The molecule has 6 nitrogen and oxygen atoms in total. The van der Waals surface area contributed by atoms with Crippen LogP contribution in [-0.2, 0) is 4.79 Å². The second-order valence-electron chi connectivity index (χ2n) is 4.06. The number of hydrogen-bond acceptors (Lipinski definition) is 4. The summed E-state index contributed by atoms with van der Waals surface area (Å²) in [4.78, 5) is 23.4. The highest BCUT2D eigenvalue weighted by molar-refractivity contribution is 5.98. The van der Waals surface area contributed by atoms with Crippen molar-refractivity contribution < 1.29 is 14.8 Å². The largest absolute Gasteiger partial charge is 0.391 e. The fourth-order valence-electron chi connectivity index (χ4n) is 2.02. The van der Waals surface area contributed by atoms with Crippen LogP contribution in [0, 0.1) is 17.0 Å². The number of nitro benzene ring substituents is 1. The van der Waals surface area contributed by atoms with Crippen LogP contribution < -0.4 is 4.90 Å². The molecule has 2 rings (SSSR count). The molecule has 90 valence electrons. The highest BCUT2D eigenvalue weighted by Gasteiger charge is 2.33. The van der Waals surface area contributed by atoms with Crippen molar-refractivity contribution in [3.8, 4) is 0 Å². The summed E-state index contributed by atoms with van der Waals surface area (Å²) in [5, 5.41) is 20.4. The molecule has 1 amide bonds. The quantitative estimate of drug-likeness (QED) is 0.613. The van der Waals surface area contributed by atoms with Crippen molar-refractivity contribution in [3.05, 3.63) is 33.9 Å². The Labute approximate surface area is 97.6 Å². The average molecular weight is 236 g/mol. The molecule has 0 spiro atoms. The number of aryl methyl sites for hydroxylation is 1. The highest BCUT2D eigenvalue weighted by Crippen LogP contribution is 2.33. The van der Waals surface area contributed by atoms with Crippen LogP contribution in [0.3, 0.4) is 0 Å². The summed E-state index contributed by atoms with van der Waals surface area (Å²) < 4.78 is 0. The van der Waals surface area contributed by atoms with Crippen molar-refractivity contribution in [3.63, 3.8) is 0 Å². The molecule has 0 bridgehead atoms. The first-order valence-electron chi connectivity index (χ1n) is 5.23. The third-order valence-electron chi connectivity index (χ3n) is 2.79. The van der Waals surface area contributed by atoms with Gasteiger partial charge in [-0.25, -0.2) is 0 Å². The van der Waals surface area contributed by atoms with Gasteiger partial charge in [-0.2, -0.15) is 0 Å². The lowest BCUT2D eigenvalue weighted by Crippen LogP contribution is -2.26. The minimum atomic E-state index is -0.748. The van der Waals surface area contributed by atoms with E-state index in [1.165, 1.54) is 11.0 Å². The lowest BCUT2D eigenvalue weighted by Gasteiger charge is -2.16. The lowest BCUT2D eigenvalue weighted by molar-refractivity contribution is -0.384. The van der Waals surface area contributed by atoms with Gasteiger partial charge >= 0.3 is 0 Å². The lowest BCUT2D eigenvalue weighted by atomic mass is 10.1. The van der Waals surface area contributed by atoms with Crippen LogP contribution in [0.15, 0.2) is 18.2 Å². The van der Waals surface area contributed by atoms with Gasteiger partial charge in [0.05, 0.1) is 24.0 Å². The van der Waals surface area contributed by atoms with Crippen LogP contribution >= 0.6 is 0 Å². The molecule has 1 aromatic carbocycles. The highest BCUT2D eigenvalue weighted by atomic mass is 16.6. The van der Waals surface area contributed by atoms with E-state index >= 15 is 0 Å². The summed E-state index contributed by atoms with van der Waals surface area (Å²) in [6, 6.07) is 4.81. The summed E-state index contributed by atoms with van der Waals surface area (Å²) >= 11 is 0. The molecule has 0 radical (unpaired) electrons. The third-order valence-corrected chi connectivity index (χ3v) is 2.79. The first-order valence-corrected chi connectivity index (χ1v) is 5.23. The summed E-state index contributed by atoms with van der Waals surface area (Å²) in [6.45, 7) is 1.74. The second-order valence-corrected chi connectivity index (χ2v) is 4.06. The Morgan fingerprint density at radius 2 is 2.24 bits per heavy atom. The van der Waals surface area contributed by atoms with Gasteiger partial charge in [0.15, 0.2) is 0 Å². The Kier molecular flexibility index (Phi) is 2.81. The van der Waals surface area contributed by atoms with Gasteiger partial charge in [-0.3, -0.25) is 14.9 Å². The number of nitro groups is 1. The number of carbonyl (C=O) groups excluding carboxylic acids is 1. The zero-order valence-electron chi connectivity index (χ0n) is 9.29. The zero-order valence-corrected chi connectivity index (χ0v) is 9.29. The number of carbonyl (C=O) groups is 1. The molecule has 0 aromatic heterocycles. The number of hydrogen-bond donors (Lipinski definition) is 1. The van der Waals surface area contributed by atoms with Gasteiger partial charge in [0, 0.05) is 5.56 Å². The van der Waals surface area contributed by atoms with E-state index in [-0.39, 0.29) is 30.2 Å². The number of aliphatic hydroxyl groups is 1. The maximum absolute atomic E-state index is 11.6. The average Bonchev–Trinajstić information content (AvgIpc) is 2.56. The van der Waals surface area contributed by atoms with Crippen molar-refractivity contribution in [2.75, 3.05) is 11.4 Å². The van der Waals surface area contributed by atoms with Crippen LogP contribution in [0.5, 0.6) is 0 Å². The van der Waals surface area contributed by atoms with E-state index in [0.29, 0.717) is 5.56 Å². The van der Waals surface area contributed by atoms with Crippen molar-refractivity contribution >= 4 is 17.3 Å². The molecule has 1 saturated heterocycles. The zero-order chi connectivity index (χ0) is 12.6. The number of β-amino-alcohol motifs (C(OH)–C–C–N with tert-alkyl or cyclic N) is 1. The van der Waals surface area contributed by atoms with E-state index in [2.05, 4.69) is 0 Å². The maximum Gasteiger partial charge on any atom is 0.295 e. The minimum Gasteiger partial charge on any atom is -0.391 e. The molecule has 1 heterocycles. The van der Waals surface area contributed by atoms with Crippen LogP contribution in [0.4, 0.5) is 11.4 Å². The van der Waals surface area contributed by atoms with Gasteiger partial charge in [-0.15, -0.1) is 0 Å². The maximum atomic E-state index is 11.6. The minimum absolute atomic E-state index is 0.0189. The molecule has 1 aliphatic rings. The second kappa shape index (κ2) is 4.14. The van der Waals surface area contributed by atoms with Gasteiger partial charge in [-0.1, -0.05) is 12.1 Å². The number of benzene rings is 1. The van der Waals surface area contributed by atoms with Crippen molar-refractivity contribution in [2.45, 2.75) is 19.4 Å². The molecule has 1 unspecified atom stereocenters. The Bertz CT molecular complexity index is 486. The van der Waals surface area contributed by atoms with Gasteiger partial charge < -0.3 is 10.0 Å². The Morgan fingerprint density at radius 3 is 2.76 bits per heavy atom. The van der Waals surface area contributed by atoms with Gasteiger partial charge in [-0.05, 0) is 13.0 Å². The number of rotatable bonds is 2. The van der Waals surface area contributed by atoms with E-state index in [1.807, 2.05) is 0 Å². The Hall–Kier alpha value is -1.95.